The molecule has 3 aromatic carbocycles. The lowest BCUT2D eigenvalue weighted by atomic mass is 9.94. The Morgan fingerprint density at radius 3 is 2.23 bits per heavy atom. The van der Waals surface area contributed by atoms with Gasteiger partial charge in [0.25, 0.3) is 0 Å². The lowest BCUT2D eigenvalue weighted by Gasteiger charge is -2.19. The zero-order valence-corrected chi connectivity index (χ0v) is 18.4. The van der Waals surface area contributed by atoms with Crippen LogP contribution in [0.25, 0.3) is 5.76 Å². The highest BCUT2D eigenvalue weighted by molar-refractivity contribution is 7.99. The van der Waals surface area contributed by atoms with Crippen molar-refractivity contribution in [1.82, 2.24) is 0 Å². The fraction of sp³-hybridized carbons (Fsp3) is 0.185. The van der Waals surface area contributed by atoms with Gasteiger partial charge in [0.05, 0.1) is 0 Å². The van der Waals surface area contributed by atoms with Gasteiger partial charge in [-0.05, 0) is 54.8 Å². The van der Waals surface area contributed by atoms with Crippen LogP contribution < -0.4 is 0 Å². The number of benzene rings is 3. The fourth-order valence-electron chi connectivity index (χ4n) is 3.51. The topological polar surface area (TPSA) is 38.7 Å². The highest BCUT2D eigenvalue weighted by atomic mass is 32.2. The van der Waals surface area contributed by atoms with Crippen LogP contribution in [0.2, 0.25) is 0 Å². The monoisotopic (exact) mass is 427 g/mol. The number of unbranched alkanes of at least 4 members (excludes halogenated alkanes) is 1. The largest absolute Gasteiger partial charge is 0.356 e. The van der Waals surface area contributed by atoms with Gasteiger partial charge in [0.2, 0.25) is 5.78 Å². The first-order valence-electron chi connectivity index (χ1n) is 10.6. The standard InChI is InChI=1S/C27H25NO2S/c1-2-3-10-22-19-25(28-30-27(22)21-11-6-4-7-12-21)26(29)20-15-17-24(18-16-20)31-23-13-8-5-9-14-23/h4-9,11-18H,2-3,10,19H2,1H3. The average Bonchev–Trinajstić information content (AvgIpc) is 2.84. The van der Waals surface area contributed by atoms with Gasteiger partial charge in [-0.1, -0.05) is 78.8 Å². The molecule has 0 unspecified atom stereocenters. The molecule has 0 aliphatic carbocycles. The number of hydrogen-bond donors (Lipinski definition) is 0. The summed E-state index contributed by atoms with van der Waals surface area (Å²) in [5.74, 6) is 0.720. The molecule has 3 nitrogen and oxygen atoms in total. The summed E-state index contributed by atoms with van der Waals surface area (Å²) >= 11 is 1.68. The van der Waals surface area contributed by atoms with Gasteiger partial charge in [-0.15, -0.1) is 0 Å². The summed E-state index contributed by atoms with van der Waals surface area (Å²) in [5.41, 5.74) is 3.25. The molecule has 0 aromatic heterocycles. The quantitative estimate of drug-likeness (QED) is 0.352. The molecule has 1 aliphatic rings. The summed E-state index contributed by atoms with van der Waals surface area (Å²) in [6.45, 7) is 2.17. The second-order valence-electron chi connectivity index (χ2n) is 7.48. The number of allylic oxidation sites excluding steroid dienone is 1. The highest BCUT2D eigenvalue weighted by Gasteiger charge is 2.24. The van der Waals surface area contributed by atoms with Gasteiger partial charge < -0.3 is 4.84 Å². The number of hydrogen-bond acceptors (Lipinski definition) is 4. The summed E-state index contributed by atoms with van der Waals surface area (Å²) in [4.78, 5) is 21.1. The van der Waals surface area contributed by atoms with Crippen LogP contribution in [0.5, 0.6) is 0 Å². The summed E-state index contributed by atoms with van der Waals surface area (Å²) in [7, 11) is 0. The third-order valence-corrected chi connectivity index (χ3v) is 6.19. The molecule has 4 heteroatoms. The van der Waals surface area contributed by atoms with Crippen LogP contribution in [0.15, 0.2) is 105 Å². The van der Waals surface area contributed by atoms with Gasteiger partial charge in [0, 0.05) is 27.3 Å². The summed E-state index contributed by atoms with van der Waals surface area (Å²) in [5, 5.41) is 4.22. The minimum Gasteiger partial charge on any atom is -0.356 e. The molecule has 1 aliphatic heterocycles. The number of nitrogens with zero attached hydrogens (tertiary/aromatic N) is 1. The van der Waals surface area contributed by atoms with E-state index in [1.807, 2.05) is 72.8 Å². The number of ketones is 1. The van der Waals surface area contributed by atoms with E-state index in [0.717, 1.165) is 41.1 Å². The Balaban J connectivity index is 1.49. The average molecular weight is 428 g/mol. The molecule has 0 saturated carbocycles. The van der Waals surface area contributed by atoms with Crippen molar-refractivity contribution in [2.75, 3.05) is 0 Å². The zero-order valence-electron chi connectivity index (χ0n) is 17.6. The molecule has 0 amide bonds. The van der Waals surface area contributed by atoms with Crippen LogP contribution in [-0.4, -0.2) is 11.5 Å². The van der Waals surface area contributed by atoms with E-state index in [2.05, 4.69) is 24.2 Å². The van der Waals surface area contributed by atoms with E-state index in [4.69, 9.17) is 4.84 Å². The Hall–Kier alpha value is -3.11. The third kappa shape index (κ3) is 5.33. The number of oxime groups is 1. The predicted octanol–water partition coefficient (Wildman–Crippen LogP) is 7.40. The molecule has 3 aromatic rings. The Labute approximate surface area is 187 Å². The van der Waals surface area contributed by atoms with Crippen molar-refractivity contribution in [2.24, 2.45) is 5.16 Å². The number of Topliss-reactive ketones (excluding diaryl/α,β-unsaturated/α-hetero) is 1. The molecular weight excluding hydrogens is 402 g/mol. The Morgan fingerprint density at radius 2 is 1.55 bits per heavy atom. The summed E-state index contributed by atoms with van der Waals surface area (Å²) in [6.07, 6.45) is 3.58. The van der Waals surface area contributed by atoms with Gasteiger partial charge in [-0.2, -0.15) is 0 Å². The fourth-order valence-corrected chi connectivity index (χ4v) is 4.34. The van der Waals surface area contributed by atoms with E-state index >= 15 is 0 Å². The van der Waals surface area contributed by atoms with Gasteiger partial charge in [-0.25, -0.2) is 0 Å². The molecule has 31 heavy (non-hydrogen) atoms. The Kier molecular flexibility index (Phi) is 7.00. The first-order valence-corrected chi connectivity index (χ1v) is 11.4. The summed E-state index contributed by atoms with van der Waals surface area (Å²) in [6, 6.07) is 27.9. The zero-order chi connectivity index (χ0) is 21.5. The van der Waals surface area contributed by atoms with Crippen LogP contribution in [0.4, 0.5) is 0 Å². The second kappa shape index (κ2) is 10.3. The van der Waals surface area contributed by atoms with Crippen molar-refractivity contribution in [3.63, 3.8) is 0 Å². The summed E-state index contributed by atoms with van der Waals surface area (Å²) < 4.78 is 0. The van der Waals surface area contributed by atoms with Crippen LogP contribution in [-0.2, 0) is 4.84 Å². The van der Waals surface area contributed by atoms with Crippen LogP contribution in [0.3, 0.4) is 0 Å². The van der Waals surface area contributed by atoms with Gasteiger partial charge in [0.1, 0.15) is 5.71 Å². The van der Waals surface area contributed by atoms with E-state index in [-0.39, 0.29) is 5.78 Å². The van der Waals surface area contributed by atoms with E-state index in [0.29, 0.717) is 17.7 Å². The number of carbonyl (C=O) groups is 1. The number of carbonyl (C=O) groups excluding carboxylic acids is 1. The molecule has 0 spiro atoms. The molecule has 0 bridgehead atoms. The molecular formula is C27H25NO2S. The lowest BCUT2D eigenvalue weighted by Crippen LogP contribution is -2.19. The number of rotatable bonds is 8. The van der Waals surface area contributed by atoms with Crippen molar-refractivity contribution < 1.29 is 9.63 Å². The molecule has 1 heterocycles. The molecule has 0 N–H and O–H groups in total. The van der Waals surface area contributed by atoms with Crippen LogP contribution in [0, 0.1) is 0 Å². The van der Waals surface area contributed by atoms with E-state index in [1.54, 1.807) is 11.8 Å². The van der Waals surface area contributed by atoms with Crippen molar-refractivity contribution in [1.29, 1.82) is 0 Å². The van der Waals surface area contributed by atoms with Crippen molar-refractivity contribution >= 4 is 29.0 Å². The smallest absolute Gasteiger partial charge is 0.210 e. The minimum absolute atomic E-state index is 0.0719. The third-order valence-electron chi connectivity index (χ3n) is 5.17. The SMILES string of the molecule is CCCCC1=C(c2ccccc2)ON=C(C(=O)c2ccc(Sc3ccccc3)cc2)C1. The van der Waals surface area contributed by atoms with Crippen molar-refractivity contribution in [3.05, 3.63) is 102 Å². The van der Waals surface area contributed by atoms with Crippen molar-refractivity contribution in [3.8, 4) is 0 Å². The van der Waals surface area contributed by atoms with Gasteiger partial charge >= 0.3 is 0 Å². The first kappa shape index (κ1) is 21.1. The molecule has 156 valence electrons. The molecule has 0 radical (unpaired) electrons. The van der Waals surface area contributed by atoms with Gasteiger partial charge in [0.15, 0.2) is 5.76 Å². The van der Waals surface area contributed by atoms with E-state index in [9.17, 15) is 4.79 Å². The maximum atomic E-state index is 13.1. The lowest BCUT2D eigenvalue weighted by molar-refractivity contribution is 0.105. The normalized spacial score (nSPS) is 13.5. The predicted molar refractivity (Wildman–Crippen MR) is 127 cm³/mol. The molecule has 0 saturated heterocycles. The minimum atomic E-state index is -0.0719. The second-order valence-corrected chi connectivity index (χ2v) is 8.62. The maximum Gasteiger partial charge on any atom is 0.210 e. The first-order chi connectivity index (χ1) is 15.2. The molecule has 0 atom stereocenters. The van der Waals surface area contributed by atoms with Crippen molar-refractivity contribution in [2.45, 2.75) is 42.4 Å². The Morgan fingerprint density at radius 1 is 0.903 bits per heavy atom. The Bertz CT molecular complexity index is 1090. The maximum absolute atomic E-state index is 13.1. The molecule has 0 fully saturated rings. The van der Waals surface area contributed by atoms with E-state index < -0.39 is 0 Å². The highest BCUT2D eigenvalue weighted by Crippen LogP contribution is 2.31. The van der Waals surface area contributed by atoms with Gasteiger partial charge in [-0.3, -0.25) is 4.79 Å². The van der Waals surface area contributed by atoms with E-state index in [1.165, 1.54) is 4.90 Å². The van der Waals surface area contributed by atoms with Crippen LogP contribution >= 0.6 is 11.8 Å². The van der Waals surface area contributed by atoms with Crippen LogP contribution in [0.1, 0.15) is 48.5 Å². The molecule has 4 rings (SSSR count).